The highest BCUT2D eigenvalue weighted by Gasteiger charge is 2.17. The van der Waals surface area contributed by atoms with Crippen molar-refractivity contribution >= 4 is 45.3 Å². The number of para-hydroxylation sites is 1. The summed E-state index contributed by atoms with van der Waals surface area (Å²) in [4.78, 5) is 23.6. The number of amides is 1. The highest BCUT2D eigenvalue weighted by molar-refractivity contribution is 9.10. The number of rotatable bonds is 8. The van der Waals surface area contributed by atoms with Gasteiger partial charge in [-0.15, -0.1) is 10.2 Å². The van der Waals surface area contributed by atoms with Gasteiger partial charge in [0.15, 0.2) is 11.0 Å². The summed E-state index contributed by atoms with van der Waals surface area (Å²) in [7, 11) is 0. The topological polar surface area (TPSA) is 98.5 Å². The molecule has 0 aliphatic carbocycles. The SMILES string of the molecule is CC(=O)Oc1ccc(/C(C)=N/NC(=O)CSc2nnc(-c3ccc(Br)cc3)n2-c2ccccc2)cc1. The van der Waals surface area contributed by atoms with E-state index in [1.807, 2.05) is 59.2 Å². The Morgan fingerprint density at radius 1 is 0.972 bits per heavy atom. The number of aromatic nitrogens is 3. The molecule has 0 saturated carbocycles. The molecule has 3 aromatic carbocycles. The second-order valence-electron chi connectivity index (χ2n) is 7.62. The average molecular weight is 564 g/mol. The lowest BCUT2D eigenvalue weighted by atomic mass is 10.1. The van der Waals surface area contributed by atoms with Crippen LogP contribution in [-0.2, 0) is 9.59 Å². The number of thioether (sulfide) groups is 1. The van der Waals surface area contributed by atoms with Gasteiger partial charge in [-0.05, 0) is 61.0 Å². The molecule has 0 atom stereocenters. The van der Waals surface area contributed by atoms with Crippen LogP contribution in [0.3, 0.4) is 0 Å². The molecule has 36 heavy (non-hydrogen) atoms. The van der Waals surface area contributed by atoms with E-state index in [0.717, 1.165) is 21.3 Å². The lowest BCUT2D eigenvalue weighted by Crippen LogP contribution is -2.21. The van der Waals surface area contributed by atoms with E-state index >= 15 is 0 Å². The molecule has 0 aliphatic heterocycles. The van der Waals surface area contributed by atoms with Crippen LogP contribution in [0.4, 0.5) is 0 Å². The first-order chi connectivity index (χ1) is 17.4. The second-order valence-corrected chi connectivity index (χ2v) is 9.48. The first-order valence-electron chi connectivity index (χ1n) is 10.9. The number of ether oxygens (including phenoxy) is 1. The van der Waals surface area contributed by atoms with Crippen molar-refractivity contribution in [2.24, 2.45) is 5.10 Å². The predicted octanol–water partition coefficient (Wildman–Crippen LogP) is 5.25. The number of carbonyl (C=O) groups excluding carboxylic acids is 2. The molecule has 4 aromatic rings. The van der Waals surface area contributed by atoms with Crippen LogP contribution in [0.2, 0.25) is 0 Å². The molecule has 10 heteroatoms. The van der Waals surface area contributed by atoms with E-state index in [1.165, 1.54) is 18.7 Å². The van der Waals surface area contributed by atoms with E-state index in [-0.39, 0.29) is 17.6 Å². The van der Waals surface area contributed by atoms with Crippen LogP contribution in [0.25, 0.3) is 17.1 Å². The molecule has 0 saturated heterocycles. The van der Waals surface area contributed by atoms with Crippen molar-refractivity contribution in [1.82, 2.24) is 20.2 Å². The average Bonchev–Trinajstić information content (AvgIpc) is 3.31. The smallest absolute Gasteiger partial charge is 0.308 e. The van der Waals surface area contributed by atoms with Crippen LogP contribution in [0.15, 0.2) is 93.6 Å². The molecule has 1 heterocycles. The Hall–Kier alpha value is -3.76. The number of hydrogen-bond acceptors (Lipinski definition) is 7. The Morgan fingerprint density at radius 3 is 2.33 bits per heavy atom. The minimum absolute atomic E-state index is 0.105. The van der Waals surface area contributed by atoms with Crippen molar-refractivity contribution in [3.8, 4) is 22.8 Å². The normalized spacial score (nSPS) is 11.2. The van der Waals surface area contributed by atoms with Gasteiger partial charge in [-0.25, -0.2) is 5.43 Å². The van der Waals surface area contributed by atoms with Crippen molar-refractivity contribution in [3.05, 3.63) is 88.9 Å². The number of esters is 1. The molecule has 0 spiro atoms. The van der Waals surface area contributed by atoms with Gasteiger partial charge in [-0.3, -0.25) is 14.2 Å². The monoisotopic (exact) mass is 563 g/mol. The minimum atomic E-state index is -0.384. The second kappa shape index (κ2) is 11.8. The molecule has 0 bridgehead atoms. The van der Waals surface area contributed by atoms with E-state index in [2.05, 4.69) is 36.7 Å². The first-order valence-corrected chi connectivity index (χ1v) is 12.7. The third kappa shape index (κ3) is 6.46. The van der Waals surface area contributed by atoms with Crippen molar-refractivity contribution in [2.75, 3.05) is 5.75 Å². The van der Waals surface area contributed by atoms with Gasteiger partial charge in [0.05, 0.1) is 11.5 Å². The van der Waals surface area contributed by atoms with Crippen molar-refractivity contribution in [2.45, 2.75) is 19.0 Å². The Labute approximate surface area is 220 Å². The van der Waals surface area contributed by atoms with Crippen LogP contribution in [-0.4, -0.2) is 38.1 Å². The Balaban J connectivity index is 1.45. The van der Waals surface area contributed by atoms with E-state index < -0.39 is 0 Å². The Kier molecular flexibility index (Phi) is 8.29. The zero-order valence-electron chi connectivity index (χ0n) is 19.5. The molecule has 0 aliphatic rings. The van der Waals surface area contributed by atoms with Crippen LogP contribution in [0, 0.1) is 0 Å². The summed E-state index contributed by atoms with van der Waals surface area (Å²) in [6.45, 7) is 3.13. The summed E-state index contributed by atoms with van der Waals surface area (Å²) in [6.07, 6.45) is 0. The fraction of sp³-hybridized carbons (Fsp3) is 0.115. The molecule has 4 rings (SSSR count). The van der Waals surface area contributed by atoms with Gasteiger partial charge in [0.25, 0.3) is 5.91 Å². The van der Waals surface area contributed by atoms with Gasteiger partial charge in [-0.2, -0.15) is 5.10 Å². The maximum Gasteiger partial charge on any atom is 0.308 e. The molecular formula is C26H22BrN5O3S. The number of carbonyl (C=O) groups is 2. The molecule has 0 radical (unpaired) electrons. The van der Waals surface area contributed by atoms with Gasteiger partial charge < -0.3 is 4.74 Å². The number of nitrogens with one attached hydrogen (secondary N) is 1. The molecule has 0 fully saturated rings. The van der Waals surface area contributed by atoms with Gasteiger partial charge in [0.2, 0.25) is 0 Å². The van der Waals surface area contributed by atoms with E-state index in [0.29, 0.717) is 22.4 Å². The van der Waals surface area contributed by atoms with E-state index in [9.17, 15) is 9.59 Å². The lowest BCUT2D eigenvalue weighted by Gasteiger charge is -2.10. The molecule has 8 nitrogen and oxygen atoms in total. The third-order valence-corrected chi connectivity index (χ3v) is 6.42. The number of hydrazone groups is 1. The lowest BCUT2D eigenvalue weighted by molar-refractivity contribution is -0.131. The molecule has 0 unspecified atom stereocenters. The summed E-state index contributed by atoms with van der Waals surface area (Å²) in [5.41, 5.74) is 5.80. The molecule has 1 aromatic heterocycles. The van der Waals surface area contributed by atoms with Crippen molar-refractivity contribution < 1.29 is 14.3 Å². The van der Waals surface area contributed by atoms with Crippen LogP contribution in [0.1, 0.15) is 19.4 Å². The summed E-state index contributed by atoms with van der Waals surface area (Å²) in [6, 6.07) is 24.5. The molecule has 1 N–H and O–H groups in total. The van der Waals surface area contributed by atoms with Crippen LogP contribution < -0.4 is 10.2 Å². The number of benzene rings is 3. The number of halogens is 1. The Bertz CT molecular complexity index is 1390. The van der Waals surface area contributed by atoms with Crippen LogP contribution >= 0.6 is 27.7 Å². The van der Waals surface area contributed by atoms with Crippen molar-refractivity contribution in [1.29, 1.82) is 0 Å². The highest BCUT2D eigenvalue weighted by atomic mass is 79.9. The maximum absolute atomic E-state index is 12.5. The summed E-state index contributed by atoms with van der Waals surface area (Å²) < 4.78 is 7.93. The van der Waals surface area contributed by atoms with Gasteiger partial charge in [-0.1, -0.05) is 58.0 Å². The fourth-order valence-electron chi connectivity index (χ4n) is 3.26. The number of nitrogens with zero attached hydrogens (tertiary/aromatic N) is 4. The van der Waals surface area contributed by atoms with E-state index in [4.69, 9.17) is 4.74 Å². The first kappa shape index (κ1) is 25.3. The summed E-state index contributed by atoms with van der Waals surface area (Å²) >= 11 is 4.73. The number of hydrogen-bond donors (Lipinski definition) is 1. The molecular weight excluding hydrogens is 542 g/mol. The fourth-order valence-corrected chi connectivity index (χ4v) is 4.27. The zero-order valence-corrected chi connectivity index (χ0v) is 21.9. The summed E-state index contributed by atoms with van der Waals surface area (Å²) in [5.74, 6) is 0.578. The van der Waals surface area contributed by atoms with Crippen molar-refractivity contribution in [3.63, 3.8) is 0 Å². The van der Waals surface area contributed by atoms with Gasteiger partial charge >= 0.3 is 5.97 Å². The van der Waals surface area contributed by atoms with E-state index in [1.54, 1.807) is 31.2 Å². The van der Waals surface area contributed by atoms with Crippen LogP contribution in [0.5, 0.6) is 5.75 Å². The molecule has 1 amide bonds. The molecule has 182 valence electrons. The van der Waals surface area contributed by atoms with Gasteiger partial charge in [0, 0.05) is 22.6 Å². The van der Waals surface area contributed by atoms with Gasteiger partial charge in [0.1, 0.15) is 5.75 Å². The predicted molar refractivity (Wildman–Crippen MR) is 143 cm³/mol. The minimum Gasteiger partial charge on any atom is -0.427 e. The Morgan fingerprint density at radius 2 is 1.67 bits per heavy atom. The summed E-state index contributed by atoms with van der Waals surface area (Å²) in [5, 5.41) is 13.5. The third-order valence-electron chi connectivity index (χ3n) is 4.96. The highest BCUT2D eigenvalue weighted by Crippen LogP contribution is 2.28. The quantitative estimate of drug-likeness (QED) is 0.103. The zero-order chi connectivity index (χ0) is 25.5. The standard InChI is InChI=1S/C26H22BrN5O3S/c1-17(19-10-14-23(15-11-19)35-18(2)33)28-29-24(34)16-36-26-31-30-25(20-8-12-21(27)13-9-20)32(26)22-6-4-3-5-7-22/h3-15H,16H2,1-2H3,(H,29,34)/b28-17+. The largest absolute Gasteiger partial charge is 0.427 e. The maximum atomic E-state index is 12.5.